The van der Waals surface area contributed by atoms with Gasteiger partial charge in [0, 0.05) is 37.8 Å². The summed E-state index contributed by atoms with van der Waals surface area (Å²) in [7, 11) is 0. The third-order valence-electron chi connectivity index (χ3n) is 4.38. The first kappa shape index (κ1) is 15.2. The summed E-state index contributed by atoms with van der Waals surface area (Å²) >= 11 is 0. The summed E-state index contributed by atoms with van der Waals surface area (Å²) in [5.41, 5.74) is 1.58. The normalized spacial score (nSPS) is 22.2. The number of carbonyl (C=O) groups is 1. The first-order valence-corrected chi connectivity index (χ1v) is 7.64. The van der Waals surface area contributed by atoms with Gasteiger partial charge in [-0.1, -0.05) is 20.8 Å². The van der Waals surface area contributed by atoms with Crippen LogP contribution < -0.4 is 0 Å². The molecule has 1 unspecified atom stereocenters. The molecule has 1 aromatic rings. The van der Waals surface area contributed by atoms with Crippen molar-refractivity contribution in [1.29, 1.82) is 0 Å². The summed E-state index contributed by atoms with van der Waals surface area (Å²) in [4.78, 5) is 18.6. The van der Waals surface area contributed by atoms with Gasteiger partial charge >= 0.3 is 0 Å². The van der Waals surface area contributed by atoms with E-state index in [4.69, 9.17) is 0 Å². The van der Waals surface area contributed by atoms with Gasteiger partial charge in [0.05, 0.1) is 0 Å². The highest BCUT2D eigenvalue weighted by atomic mass is 16.1. The molecule has 1 aromatic heterocycles. The second-order valence-electron chi connectivity index (χ2n) is 6.71. The van der Waals surface area contributed by atoms with Crippen molar-refractivity contribution in [2.24, 2.45) is 11.3 Å². The number of carbonyl (C=O) groups excluding carboxylic acids is 1. The van der Waals surface area contributed by atoms with Gasteiger partial charge in [-0.2, -0.15) is 0 Å². The van der Waals surface area contributed by atoms with Crippen molar-refractivity contribution in [2.45, 2.75) is 46.6 Å². The van der Waals surface area contributed by atoms with E-state index in [-0.39, 0.29) is 5.92 Å². The summed E-state index contributed by atoms with van der Waals surface area (Å²) in [6, 6.07) is 4.10. The zero-order valence-electron chi connectivity index (χ0n) is 12.9. The minimum Gasteiger partial charge on any atom is -0.299 e. The van der Waals surface area contributed by atoms with Crippen molar-refractivity contribution >= 4 is 5.78 Å². The SMILES string of the molecule is CCN(Cc1ccncc1)CC1CC(C)(C)CCC1=O. The monoisotopic (exact) mass is 274 g/mol. The number of ketones is 1. The van der Waals surface area contributed by atoms with Crippen LogP contribution in [0.5, 0.6) is 0 Å². The largest absolute Gasteiger partial charge is 0.299 e. The molecule has 3 nitrogen and oxygen atoms in total. The average Bonchev–Trinajstić information content (AvgIpc) is 2.43. The predicted molar refractivity (Wildman–Crippen MR) is 81.3 cm³/mol. The Morgan fingerprint density at radius 1 is 1.35 bits per heavy atom. The molecule has 3 heteroatoms. The van der Waals surface area contributed by atoms with Gasteiger partial charge in [0.2, 0.25) is 0 Å². The minimum absolute atomic E-state index is 0.209. The number of hydrogen-bond donors (Lipinski definition) is 0. The van der Waals surface area contributed by atoms with E-state index in [1.165, 1.54) is 5.56 Å². The number of Topliss-reactive ketones (excluding diaryl/α,β-unsaturated/α-hetero) is 1. The molecule has 1 aliphatic carbocycles. The molecule has 0 aliphatic heterocycles. The van der Waals surface area contributed by atoms with E-state index in [0.717, 1.165) is 38.9 Å². The third-order valence-corrected chi connectivity index (χ3v) is 4.38. The van der Waals surface area contributed by atoms with Gasteiger partial charge in [0.15, 0.2) is 0 Å². The van der Waals surface area contributed by atoms with E-state index in [9.17, 15) is 4.79 Å². The highest BCUT2D eigenvalue weighted by molar-refractivity contribution is 5.82. The molecule has 1 heterocycles. The second kappa shape index (κ2) is 6.49. The fraction of sp³-hybridized carbons (Fsp3) is 0.647. The summed E-state index contributed by atoms with van der Waals surface area (Å²) in [5, 5.41) is 0. The average molecular weight is 274 g/mol. The molecule has 1 atom stereocenters. The molecule has 1 fully saturated rings. The van der Waals surface area contributed by atoms with Crippen molar-refractivity contribution in [3.8, 4) is 0 Å². The molecule has 0 N–H and O–H groups in total. The van der Waals surface area contributed by atoms with Gasteiger partial charge in [-0.05, 0) is 42.5 Å². The van der Waals surface area contributed by atoms with Crippen molar-refractivity contribution in [3.05, 3.63) is 30.1 Å². The van der Waals surface area contributed by atoms with E-state index < -0.39 is 0 Å². The maximum absolute atomic E-state index is 12.1. The number of hydrogen-bond acceptors (Lipinski definition) is 3. The Morgan fingerprint density at radius 2 is 2.05 bits per heavy atom. The molecular weight excluding hydrogens is 248 g/mol. The van der Waals surface area contributed by atoms with Crippen molar-refractivity contribution in [1.82, 2.24) is 9.88 Å². The topological polar surface area (TPSA) is 33.2 Å². The predicted octanol–water partition coefficient (Wildman–Crippen LogP) is 3.30. The molecule has 1 saturated carbocycles. The molecule has 20 heavy (non-hydrogen) atoms. The van der Waals surface area contributed by atoms with Gasteiger partial charge in [-0.3, -0.25) is 14.7 Å². The summed E-state index contributed by atoms with van der Waals surface area (Å²) in [6.45, 7) is 9.51. The van der Waals surface area contributed by atoms with Crippen LogP contribution in [0, 0.1) is 11.3 Å². The molecule has 0 amide bonds. The fourth-order valence-corrected chi connectivity index (χ4v) is 3.08. The Hall–Kier alpha value is -1.22. The van der Waals surface area contributed by atoms with Gasteiger partial charge in [0.25, 0.3) is 0 Å². The van der Waals surface area contributed by atoms with Gasteiger partial charge in [0.1, 0.15) is 5.78 Å². The van der Waals surface area contributed by atoms with Crippen molar-refractivity contribution in [3.63, 3.8) is 0 Å². The van der Waals surface area contributed by atoms with E-state index in [0.29, 0.717) is 11.2 Å². The van der Waals surface area contributed by atoms with Crippen LogP contribution in [-0.2, 0) is 11.3 Å². The summed E-state index contributed by atoms with van der Waals surface area (Å²) < 4.78 is 0. The third kappa shape index (κ3) is 4.14. The minimum atomic E-state index is 0.209. The maximum Gasteiger partial charge on any atom is 0.137 e. The lowest BCUT2D eigenvalue weighted by Gasteiger charge is -2.36. The second-order valence-corrected chi connectivity index (χ2v) is 6.71. The highest BCUT2D eigenvalue weighted by Crippen LogP contribution is 2.37. The van der Waals surface area contributed by atoms with Crippen molar-refractivity contribution < 1.29 is 4.79 Å². The summed E-state index contributed by atoms with van der Waals surface area (Å²) in [5.74, 6) is 0.665. The van der Waals surface area contributed by atoms with E-state index in [1.54, 1.807) is 0 Å². The standard InChI is InChI=1S/C17H26N2O/c1-4-19(12-14-6-9-18-10-7-14)13-15-11-17(2,3)8-5-16(15)20/h6-7,9-10,15H,4-5,8,11-13H2,1-3H3. The summed E-state index contributed by atoms with van der Waals surface area (Å²) in [6.07, 6.45) is 6.48. The van der Waals surface area contributed by atoms with Crippen LogP contribution >= 0.6 is 0 Å². The quantitative estimate of drug-likeness (QED) is 0.826. The van der Waals surface area contributed by atoms with Crippen LogP contribution in [0.2, 0.25) is 0 Å². The number of nitrogens with zero attached hydrogens (tertiary/aromatic N) is 2. The van der Waals surface area contributed by atoms with Crippen LogP contribution in [-0.4, -0.2) is 28.8 Å². The van der Waals surface area contributed by atoms with E-state index in [1.807, 2.05) is 12.4 Å². The van der Waals surface area contributed by atoms with Crippen molar-refractivity contribution in [2.75, 3.05) is 13.1 Å². The molecular formula is C17H26N2O. The maximum atomic E-state index is 12.1. The van der Waals surface area contributed by atoms with E-state index >= 15 is 0 Å². The van der Waals surface area contributed by atoms with Crippen LogP contribution in [0.25, 0.3) is 0 Å². The fourth-order valence-electron chi connectivity index (χ4n) is 3.08. The van der Waals surface area contributed by atoms with Crippen LogP contribution in [0.3, 0.4) is 0 Å². The molecule has 0 aromatic carbocycles. The Labute approximate surface area is 122 Å². The first-order valence-electron chi connectivity index (χ1n) is 7.64. The Kier molecular flexibility index (Phi) is 4.92. The smallest absolute Gasteiger partial charge is 0.137 e. The Bertz CT molecular complexity index is 442. The molecule has 110 valence electrons. The van der Waals surface area contributed by atoms with E-state index in [2.05, 4.69) is 42.8 Å². The lowest BCUT2D eigenvalue weighted by atomic mass is 9.71. The Morgan fingerprint density at radius 3 is 2.70 bits per heavy atom. The lowest BCUT2D eigenvalue weighted by molar-refractivity contribution is -0.127. The lowest BCUT2D eigenvalue weighted by Crippen LogP contribution is -2.38. The van der Waals surface area contributed by atoms with Gasteiger partial charge in [-0.25, -0.2) is 0 Å². The van der Waals surface area contributed by atoms with Crippen LogP contribution in [0.4, 0.5) is 0 Å². The van der Waals surface area contributed by atoms with Gasteiger partial charge < -0.3 is 0 Å². The molecule has 1 aliphatic rings. The zero-order valence-corrected chi connectivity index (χ0v) is 12.9. The van der Waals surface area contributed by atoms with Crippen LogP contribution in [0.15, 0.2) is 24.5 Å². The molecule has 0 bridgehead atoms. The molecule has 0 spiro atoms. The number of aromatic nitrogens is 1. The number of rotatable bonds is 5. The first-order chi connectivity index (χ1) is 9.50. The van der Waals surface area contributed by atoms with Crippen LogP contribution in [0.1, 0.15) is 45.6 Å². The highest BCUT2D eigenvalue weighted by Gasteiger charge is 2.34. The van der Waals surface area contributed by atoms with Gasteiger partial charge in [-0.15, -0.1) is 0 Å². The Balaban J connectivity index is 1.97. The molecule has 0 saturated heterocycles. The molecule has 2 rings (SSSR count). The molecule has 0 radical (unpaired) electrons. The zero-order chi connectivity index (χ0) is 14.6. The number of pyridine rings is 1.